The molecule has 0 atom stereocenters. The SMILES string of the molecule is COc1cc(C(=O)N(C(=N)N)c2cc(NC(=O)c3ccc(-c4ccccc4)cc3)ccc2C)cc(OC)c1OC. The molecule has 0 aliphatic rings. The standard InChI is InChI=1S/C31H30N4O5/c1-19-10-15-24(34-29(36)22-13-11-21(12-14-22)20-8-6-5-7-9-20)18-25(19)35(31(32)33)30(37)23-16-26(38-2)28(40-4)27(17-23)39-3/h5-18H,1-4H3,(H3,32,33)(H,34,36). The van der Waals surface area contributed by atoms with Crippen molar-refractivity contribution < 1.29 is 23.8 Å². The first-order valence-electron chi connectivity index (χ1n) is 12.3. The van der Waals surface area contributed by atoms with Gasteiger partial charge in [0.1, 0.15) is 0 Å². The lowest BCUT2D eigenvalue weighted by Crippen LogP contribution is -2.42. The van der Waals surface area contributed by atoms with Gasteiger partial charge in [0.05, 0.1) is 27.0 Å². The highest BCUT2D eigenvalue weighted by atomic mass is 16.5. The van der Waals surface area contributed by atoms with Crippen molar-refractivity contribution in [2.45, 2.75) is 6.92 Å². The van der Waals surface area contributed by atoms with Crippen LogP contribution in [0.1, 0.15) is 26.3 Å². The number of benzene rings is 4. The average molecular weight is 539 g/mol. The number of guanidine groups is 1. The number of nitrogens with zero attached hydrogens (tertiary/aromatic N) is 1. The molecule has 0 aliphatic carbocycles. The summed E-state index contributed by atoms with van der Waals surface area (Å²) in [6.45, 7) is 1.78. The van der Waals surface area contributed by atoms with Gasteiger partial charge in [-0.05, 0) is 60.0 Å². The van der Waals surface area contributed by atoms with E-state index < -0.39 is 11.9 Å². The maximum absolute atomic E-state index is 13.6. The van der Waals surface area contributed by atoms with E-state index in [4.69, 9.17) is 25.4 Å². The van der Waals surface area contributed by atoms with Gasteiger partial charge in [0, 0.05) is 16.8 Å². The second-order valence-electron chi connectivity index (χ2n) is 8.84. The molecule has 0 aliphatic heterocycles. The fourth-order valence-electron chi connectivity index (χ4n) is 4.26. The van der Waals surface area contributed by atoms with Crippen molar-refractivity contribution in [1.82, 2.24) is 0 Å². The van der Waals surface area contributed by atoms with E-state index in [-0.39, 0.29) is 23.0 Å². The Balaban J connectivity index is 1.62. The van der Waals surface area contributed by atoms with E-state index in [1.807, 2.05) is 42.5 Å². The number of ether oxygens (including phenoxy) is 3. The van der Waals surface area contributed by atoms with Crippen LogP contribution in [0.2, 0.25) is 0 Å². The molecule has 0 spiro atoms. The quantitative estimate of drug-likeness (QED) is 0.201. The Labute approximate surface area is 232 Å². The topological polar surface area (TPSA) is 127 Å². The molecule has 4 rings (SSSR count). The monoisotopic (exact) mass is 538 g/mol. The van der Waals surface area contributed by atoms with Gasteiger partial charge in [0.2, 0.25) is 5.75 Å². The number of hydrogen-bond acceptors (Lipinski definition) is 6. The fourth-order valence-corrected chi connectivity index (χ4v) is 4.26. The highest BCUT2D eigenvalue weighted by molar-refractivity contribution is 6.21. The van der Waals surface area contributed by atoms with Crippen LogP contribution in [0.3, 0.4) is 0 Å². The molecule has 2 amide bonds. The third-order valence-electron chi connectivity index (χ3n) is 6.32. The van der Waals surface area contributed by atoms with Crippen LogP contribution in [0.4, 0.5) is 11.4 Å². The number of nitrogens with one attached hydrogen (secondary N) is 2. The molecule has 9 heteroatoms. The van der Waals surface area contributed by atoms with Crippen molar-refractivity contribution in [1.29, 1.82) is 5.41 Å². The summed E-state index contributed by atoms with van der Waals surface area (Å²) in [6.07, 6.45) is 0. The van der Waals surface area contributed by atoms with Crippen molar-refractivity contribution >= 4 is 29.1 Å². The first-order chi connectivity index (χ1) is 19.3. The molecule has 0 bridgehead atoms. The molecule has 4 N–H and O–H groups in total. The second-order valence-corrected chi connectivity index (χ2v) is 8.84. The lowest BCUT2D eigenvalue weighted by atomic mass is 10.0. The molecular weight excluding hydrogens is 508 g/mol. The average Bonchev–Trinajstić information content (AvgIpc) is 2.98. The molecule has 0 heterocycles. The van der Waals surface area contributed by atoms with Gasteiger partial charge in [-0.25, -0.2) is 4.90 Å². The van der Waals surface area contributed by atoms with E-state index >= 15 is 0 Å². The van der Waals surface area contributed by atoms with Crippen LogP contribution in [0.5, 0.6) is 17.2 Å². The Morgan fingerprint density at radius 1 is 0.775 bits per heavy atom. The first-order valence-corrected chi connectivity index (χ1v) is 12.3. The van der Waals surface area contributed by atoms with Crippen LogP contribution >= 0.6 is 0 Å². The predicted molar refractivity (Wildman–Crippen MR) is 156 cm³/mol. The van der Waals surface area contributed by atoms with Crippen molar-refractivity contribution in [2.75, 3.05) is 31.5 Å². The molecule has 40 heavy (non-hydrogen) atoms. The van der Waals surface area contributed by atoms with Crippen LogP contribution < -0.4 is 30.2 Å². The molecule has 0 aromatic heterocycles. The highest BCUT2D eigenvalue weighted by Crippen LogP contribution is 2.39. The van der Waals surface area contributed by atoms with E-state index in [2.05, 4.69) is 5.32 Å². The zero-order valence-corrected chi connectivity index (χ0v) is 22.6. The third-order valence-corrected chi connectivity index (χ3v) is 6.32. The summed E-state index contributed by atoms with van der Waals surface area (Å²) in [6, 6.07) is 25.2. The van der Waals surface area contributed by atoms with E-state index in [9.17, 15) is 9.59 Å². The van der Waals surface area contributed by atoms with Crippen LogP contribution in [-0.2, 0) is 0 Å². The van der Waals surface area contributed by atoms with Crippen molar-refractivity contribution in [3.8, 4) is 28.4 Å². The van der Waals surface area contributed by atoms with Crippen LogP contribution in [0.25, 0.3) is 11.1 Å². The van der Waals surface area contributed by atoms with Gasteiger partial charge < -0.3 is 25.3 Å². The van der Waals surface area contributed by atoms with Gasteiger partial charge in [-0.3, -0.25) is 15.0 Å². The summed E-state index contributed by atoms with van der Waals surface area (Å²) in [5, 5.41) is 11.1. The molecule has 204 valence electrons. The van der Waals surface area contributed by atoms with Gasteiger partial charge in [0.15, 0.2) is 17.5 Å². The molecule has 4 aromatic carbocycles. The van der Waals surface area contributed by atoms with Gasteiger partial charge >= 0.3 is 0 Å². The third kappa shape index (κ3) is 5.73. The Morgan fingerprint density at radius 2 is 1.38 bits per heavy atom. The Morgan fingerprint density at radius 3 is 1.93 bits per heavy atom. The molecule has 9 nitrogen and oxygen atoms in total. The largest absolute Gasteiger partial charge is 0.493 e. The number of hydrogen-bond donors (Lipinski definition) is 3. The smallest absolute Gasteiger partial charge is 0.265 e. The van der Waals surface area contributed by atoms with Crippen molar-refractivity contribution in [3.05, 3.63) is 102 Å². The number of methoxy groups -OCH3 is 3. The summed E-state index contributed by atoms with van der Waals surface area (Å²) < 4.78 is 16.1. The van der Waals surface area contributed by atoms with Gasteiger partial charge in [-0.2, -0.15) is 0 Å². The number of rotatable bonds is 8. The van der Waals surface area contributed by atoms with E-state index in [0.29, 0.717) is 28.3 Å². The number of aryl methyl sites for hydroxylation is 1. The number of anilines is 2. The molecule has 0 saturated carbocycles. The number of carbonyl (C=O) groups is 2. The molecule has 0 saturated heterocycles. The van der Waals surface area contributed by atoms with Gasteiger partial charge in [-0.1, -0.05) is 48.5 Å². The zero-order valence-electron chi connectivity index (χ0n) is 22.6. The minimum atomic E-state index is -0.588. The molecule has 0 fully saturated rings. The van der Waals surface area contributed by atoms with Crippen LogP contribution in [-0.4, -0.2) is 39.1 Å². The van der Waals surface area contributed by atoms with Crippen molar-refractivity contribution in [2.24, 2.45) is 5.73 Å². The van der Waals surface area contributed by atoms with Crippen LogP contribution in [0.15, 0.2) is 84.9 Å². The molecular formula is C31H30N4O5. The number of carbonyl (C=O) groups excluding carboxylic acids is 2. The summed E-state index contributed by atoms with van der Waals surface area (Å²) in [5.74, 6) is -0.514. The second kappa shape index (κ2) is 12.0. The molecule has 0 unspecified atom stereocenters. The Bertz CT molecular complexity index is 1530. The maximum Gasteiger partial charge on any atom is 0.265 e. The lowest BCUT2D eigenvalue weighted by molar-refractivity contribution is 0.0999. The molecule has 0 radical (unpaired) electrons. The summed E-state index contributed by atoms with van der Waals surface area (Å²) in [4.78, 5) is 27.7. The normalized spacial score (nSPS) is 10.4. The first kappa shape index (κ1) is 27.7. The zero-order chi connectivity index (χ0) is 28.8. The van der Waals surface area contributed by atoms with Gasteiger partial charge in [0.25, 0.3) is 11.8 Å². The maximum atomic E-state index is 13.6. The fraction of sp³-hybridized carbons (Fsp3) is 0.129. The highest BCUT2D eigenvalue weighted by Gasteiger charge is 2.26. The van der Waals surface area contributed by atoms with Gasteiger partial charge in [-0.15, -0.1) is 0 Å². The number of nitrogens with two attached hydrogens (primary N) is 1. The Kier molecular flexibility index (Phi) is 8.34. The minimum absolute atomic E-state index is 0.164. The van der Waals surface area contributed by atoms with E-state index in [0.717, 1.165) is 16.0 Å². The summed E-state index contributed by atoms with van der Waals surface area (Å²) >= 11 is 0. The molecule has 4 aromatic rings. The lowest BCUT2D eigenvalue weighted by Gasteiger charge is -2.24. The Hall–Kier alpha value is -5.31. The summed E-state index contributed by atoms with van der Waals surface area (Å²) in [5.41, 5.74) is 10.0. The minimum Gasteiger partial charge on any atom is -0.493 e. The predicted octanol–water partition coefficient (Wildman–Crippen LogP) is 5.48. The van der Waals surface area contributed by atoms with E-state index in [1.165, 1.54) is 33.5 Å². The van der Waals surface area contributed by atoms with Crippen LogP contribution in [0, 0.1) is 12.3 Å². The summed E-state index contributed by atoms with van der Waals surface area (Å²) in [7, 11) is 4.35. The number of amides is 2. The van der Waals surface area contributed by atoms with E-state index in [1.54, 1.807) is 37.3 Å². The van der Waals surface area contributed by atoms with Crippen molar-refractivity contribution in [3.63, 3.8) is 0 Å².